The molecule has 3 N–H and O–H groups in total. The van der Waals surface area contributed by atoms with E-state index in [-0.39, 0.29) is 59.9 Å². The average Bonchev–Trinajstić information content (AvgIpc) is 2.99. The normalized spacial score (nSPS) is 41.2. The average molecular weight is 515 g/mol. The molecule has 4 aliphatic rings. The predicted molar refractivity (Wildman–Crippen MR) is 137 cm³/mol. The molecule has 0 bridgehead atoms. The van der Waals surface area contributed by atoms with E-state index in [1.165, 1.54) is 13.0 Å². The van der Waals surface area contributed by atoms with E-state index in [2.05, 4.69) is 0 Å². The van der Waals surface area contributed by atoms with Gasteiger partial charge in [0.2, 0.25) is 0 Å². The molecule has 0 spiro atoms. The molecule has 0 amide bonds. The topological polar surface area (TPSA) is 129 Å². The molecule has 4 aliphatic carbocycles. The predicted octanol–water partition coefficient (Wildman–Crippen LogP) is 4.05. The number of hydrogen-bond acceptors (Lipinski definition) is 6. The van der Waals surface area contributed by atoms with Crippen molar-refractivity contribution in [3.05, 3.63) is 22.8 Å². The van der Waals surface area contributed by atoms with Gasteiger partial charge in [-0.2, -0.15) is 0 Å². The van der Waals surface area contributed by atoms with Crippen molar-refractivity contribution in [2.24, 2.45) is 39.4 Å². The van der Waals surface area contributed by atoms with Crippen LogP contribution in [0.5, 0.6) is 0 Å². The van der Waals surface area contributed by atoms with Gasteiger partial charge in [0.25, 0.3) is 0 Å². The van der Waals surface area contributed by atoms with Crippen LogP contribution in [0.15, 0.2) is 22.8 Å². The lowest BCUT2D eigenvalue weighted by Gasteiger charge is -2.59. The van der Waals surface area contributed by atoms with Crippen LogP contribution in [0.4, 0.5) is 0 Å². The van der Waals surface area contributed by atoms with Crippen LogP contribution in [0.3, 0.4) is 0 Å². The highest BCUT2D eigenvalue weighted by Crippen LogP contribution is 2.70. The van der Waals surface area contributed by atoms with E-state index < -0.39 is 39.8 Å². The van der Waals surface area contributed by atoms with Crippen LogP contribution >= 0.6 is 0 Å². The van der Waals surface area contributed by atoms with Crippen molar-refractivity contribution < 1.29 is 34.5 Å². The number of allylic oxidation sites excluding steroid dienone is 1. The van der Waals surface area contributed by atoms with Gasteiger partial charge in [-0.3, -0.25) is 14.4 Å². The third kappa shape index (κ3) is 3.75. The molecule has 7 heteroatoms. The molecule has 0 radical (unpaired) electrons. The molecule has 8 unspecified atom stereocenters. The molecule has 2 fully saturated rings. The number of rotatable bonds is 5. The molecule has 0 aromatic rings. The Hall–Kier alpha value is -2.12. The van der Waals surface area contributed by atoms with E-state index in [1.807, 2.05) is 41.5 Å². The van der Waals surface area contributed by atoms with E-state index in [4.69, 9.17) is 5.11 Å². The molecule has 4 rings (SSSR count). The molecule has 2 saturated carbocycles. The summed E-state index contributed by atoms with van der Waals surface area (Å²) in [5.41, 5.74) is -1.85. The first-order chi connectivity index (χ1) is 16.9. The molecular weight excluding hydrogens is 472 g/mol. The zero-order valence-electron chi connectivity index (χ0n) is 23.2. The maximum atomic E-state index is 14.0. The van der Waals surface area contributed by atoms with Gasteiger partial charge >= 0.3 is 5.97 Å². The highest BCUT2D eigenvalue weighted by Gasteiger charge is 2.70. The number of aliphatic hydroxyl groups excluding tert-OH is 2. The van der Waals surface area contributed by atoms with Gasteiger partial charge in [0.15, 0.2) is 11.6 Å². The second-order valence-electron chi connectivity index (χ2n) is 13.5. The van der Waals surface area contributed by atoms with E-state index in [9.17, 15) is 29.4 Å². The van der Waals surface area contributed by atoms with Crippen LogP contribution in [0.2, 0.25) is 0 Å². The summed E-state index contributed by atoms with van der Waals surface area (Å²) in [5.74, 6) is -1.68. The third-order valence-corrected chi connectivity index (χ3v) is 11.3. The van der Waals surface area contributed by atoms with Crippen LogP contribution < -0.4 is 0 Å². The van der Waals surface area contributed by atoms with Gasteiger partial charge < -0.3 is 15.3 Å². The van der Waals surface area contributed by atoms with Crippen molar-refractivity contribution in [1.29, 1.82) is 0 Å². The summed E-state index contributed by atoms with van der Waals surface area (Å²) in [6, 6.07) is 0. The number of carboxylic acids is 1. The lowest BCUT2D eigenvalue weighted by Crippen LogP contribution is -2.59. The van der Waals surface area contributed by atoms with Gasteiger partial charge in [0, 0.05) is 52.2 Å². The number of aliphatic hydroxyl groups is 2. The number of fused-ring (bicyclic) bond motifs is 4. The lowest BCUT2D eigenvalue weighted by atomic mass is 9.42. The van der Waals surface area contributed by atoms with Gasteiger partial charge in [0.1, 0.15) is 5.78 Å². The second kappa shape index (κ2) is 8.70. The lowest BCUT2D eigenvalue weighted by molar-refractivity contribution is -0.147. The molecule has 37 heavy (non-hydrogen) atoms. The molecule has 7 nitrogen and oxygen atoms in total. The van der Waals surface area contributed by atoms with Crippen LogP contribution in [-0.4, -0.2) is 50.8 Å². The maximum absolute atomic E-state index is 14.0. The van der Waals surface area contributed by atoms with Gasteiger partial charge in [-0.05, 0) is 55.4 Å². The molecule has 0 aliphatic heterocycles. The summed E-state index contributed by atoms with van der Waals surface area (Å²) in [6.45, 7) is 13.1. The summed E-state index contributed by atoms with van der Waals surface area (Å²) < 4.78 is 0. The van der Waals surface area contributed by atoms with Crippen LogP contribution in [-0.2, 0) is 19.2 Å². The molecule has 0 aromatic carbocycles. The zero-order valence-corrected chi connectivity index (χ0v) is 23.2. The number of carbonyl (C=O) groups is 4. The Bertz CT molecular complexity index is 1130. The Morgan fingerprint density at radius 1 is 1.08 bits per heavy atom. The highest BCUT2D eigenvalue weighted by atomic mass is 16.4. The van der Waals surface area contributed by atoms with Crippen molar-refractivity contribution in [2.75, 3.05) is 0 Å². The second-order valence-corrected chi connectivity index (χ2v) is 13.5. The Morgan fingerprint density at radius 2 is 1.70 bits per heavy atom. The largest absolute Gasteiger partial charge is 0.478 e. The first-order valence-corrected chi connectivity index (χ1v) is 13.6. The quantitative estimate of drug-likeness (QED) is 0.472. The van der Waals surface area contributed by atoms with Crippen molar-refractivity contribution in [3.63, 3.8) is 0 Å². The molecule has 0 aromatic heterocycles. The standard InChI is InChI=1S/C30H42O7/c1-15(10-17(31)11-16(2)26(36)37)18-12-23(35)30(7)25-19(32)13-21-27(3,4)22(34)8-9-28(21,5)24(25)20(33)14-29(18,30)6/h11,15,17-18,21,23,31,35H,8-10,12-14H2,1-7H3,(H,36,37). The Kier molecular flexibility index (Phi) is 6.56. The van der Waals surface area contributed by atoms with E-state index in [0.29, 0.717) is 30.4 Å². The van der Waals surface area contributed by atoms with Crippen LogP contribution in [0, 0.1) is 39.4 Å². The van der Waals surface area contributed by atoms with Crippen molar-refractivity contribution in [3.8, 4) is 0 Å². The van der Waals surface area contributed by atoms with Gasteiger partial charge in [0.05, 0.1) is 12.2 Å². The van der Waals surface area contributed by atoms with Gasteiger partial charge in [-0.1, -0.05) is 41.5 Å². The Morgan fingerprint density at radius 3 is 2.30 bits per heavy atom. The van der Waals surface area contributed by atoms with Crippen molar-refractivity contribution in [1.82, 2.24) is 0 Å². The van der Waals surface area contributed by atoms with E-state index >= 15 is 0 Å². The van der Waals surface area contributed by atoms with E-state index in [1.54, 1.807) is 0 Å². The number of aliphatic carboxylic acids is 1. The summed E-state index contributed by atoms with van der Waals surface area (Å²) in [5, 5.41) is 31.3. The maximum Gasteiger partial charge on any atom is 0.331 e. The summed E-state index contributed by atoms with van der Waals surface area (Å²) in [6.07, 6.45) is 1.50. The fourth-order valence-electron chi connectivity index (χ4n) is 8.88. The summed E-state index contributed by atoms with van der Waals surface area (Å²) in [4.78, 5) is 51.9. The molecule has 204 valence electrons. The first-order valence-electron chi connectivity index (χ1n) is 13.6. The minimum absolute atomic E-state index is 0.0610. The SMILES string of the molecule is CC(=CC(O)CC(C)C1CC(O)C2(C)C3=C(C(=O)CC12C)C1(C)CCC(=O)C(C)(C)C1CC3=O)C(=O)O. The minimum atomic E-state index is -1.09. The fourth-order valence-corrected chi connectivity index (χ4v) is 8.88. The van der Waals surface area contributed by atoms with Crippen molar-refractivity contribution >= 4 is 23.3 Å². The summed E-state index contributed by atoms with van der Waals surface area (Å²) in [7, 11) is 0. The Balaban J connectivity index is 1.77. The Labute approximate surface area is 219 Å². The number of carboxylic acid groups (broad SMARTS) is 1. The summed E-state index contributed by atoms with van der Waals surface area (Å²) >= 11 is 0. The van der Waals surface area contributed by atoms with Crippen LogP contribution in [0.25, 0.3) is 0 Å². The number of hydrogen-bond donors (Lipinski definition) is 3. The number of Topliss-reactive ketones (excluding diaryl/α,β-unsaturated/α-hetero) is 3. The highest BCUT2D eigenvalue weighted by molar-refractivity contribution is 6.12. The minimum Gasteiger partial charge on any atom is -0.478 e. The molecule has 8 atom stereocenters. The third-order valence-electron chi connectivity index (χ3n) is 11.3. The monoisotopic (exact) mass is 514 g/mol. The van der Waals surface area contributed by atoms with Gasteiger partial charge in [-0.25, -0.2) is 4.79 Å². The molecule has 0 heterocycles. The van der Waals surface area contributed by atoms with Gasteiger partial charge in [-0.15, -0.1) is 0 Å². The number of ketones is 3. The fraction of sp³-hybridized carbons (Fsp3) is 0.733. The first kappa shape index (κ1) is 27.9. The number of carbonyl (C=O) groups excluding carboxylic acids is 3. The van der Waals surface area contributed by atoms with Crippen LogP contribution in [0.1, 0.15) is 87.0 Å². The zero-order chi connectivity index (χ0) is 27.9. The smallest absolute Gasteiger partial charge is 0.331 e. The molecular formula is C30H42O7. The molecule has 0 saturated heterocycles. The van der Waals surface area contributed by atoms with Crippen molar-refractivity contribution in [2.45, 2.75) is 99.2 Å². The van der Waals surface area contributed by atoms with E-state index in [0.717, 1.165) is 0 Å².